The molecular weight excluding hydrogens is 457 g/mol. The fourth-order valence-electron chi connectivity index (χ4n) is 3.78. The summed E-state index contributed by atoms with van der Waals surface area (Å²) < 4.78 is 40.1. The van der Waals surface area contributed by atoms with E-state index in [0.29, 0.717) is 42.5 Å². The van der Waals surface area contributed by atoms with E-state index in [1.165, 1.54) is 22.9 Å². The quantitative estimate of drug-likeness (QED) is 0.589. The van der Waals surface area contributed by atoms with E-state index >= 15 is 0 Å². The number of nitrogens with zero attached hydrogens (tertiary/aromatic N) is 3. The molecule has 2 heterocycles. The Kier molecular flexibility index (Phi) is 6.42. The van der Waals surface area contributed by atoms with E-state index in [-0.39, 0.29) is 17.2 Å². The molecule has 1 N–H and O–H groups in total. The predicted molar refractivity (Wildman–Crippen MR) is 120 cm³/mol. The number of aromatic nitrogens is 2. The van der Waals surface area contributed by atoms with Crippen LogP contribution < -0.4 is 15.8 Å². The van der Waals surface area contributed by atoms with Crippen molar-refractivity contribution in [2.24, 2.45) is 5.92 Å². The molecule has 0 unspecified atom stereocenters. The number of hydrogen-bond donors (Lipinski definition) is 1. The summed E-state index contributed by atoms with van der Waals surface area (Å²) in [6, 6.07) is 14.3. The van der Waals surface area contributed by atoms with Crippen LogP contribution in [-0.4, -0.2) is 28.8 Å². The van der Waals surface area contributed by atoms with Crippen LogP contribution in [0.25, 0.3) is 5.69 Å². The summed E-state index contributed by atoms with van der Waals surface area (Å²) >= 11 is 6.03. The van der Waals surface area contributed by atoms with Gasteiger partial charge in [-0.3, -0.25) is 9.59 Å². The third-order valence-electron chi connectivity index (χ3n) is 5.41. The fourth-order valence-corrected chi connectivity index (χ4v) is 3.96. The summed E-state index contributed by atoms with van der Waals surface area (Å²) in [7, 11) is 0. The van der Waals surface area contributed by atoms with Gasteiger partial charge >= 0.3 is 6.18 Å². The monoisotopic (exact) mass is 476 g/mol. The average molecular weight is 477 g/mol. The van der Waals surface area contributed by atoms with Crippen LogP contribution in [0.15, 0.2) is 65.5 Å². The molecule has 6 nitrogen and oxygen atoms in total. The Morgan fingerprint density at radius 1 is 1.09 bits per heavy atom. The zero-order valence-electron chi connectivity index (χ0n) is 17.3. The molecule has 3 aromatic rings. The first-order chi connectivity index (χ1) is 15.7. The number of benzene rings is 2. The van der Waals surface area contributed by atoms with Gasteiger partial charge in [-0.2, -0.15) is 17.9 Å². The second kappa shape index (κ2) is 9.27. The van der Waals surface area contributed by atoms with Crippen molar-refractivity contribution in [3.05, 3.63) is 81.6 Å². The molecule has 1 atom stereocenters. The van der Waals surface area contributed by atoms with Gasteiger partial charge in [-0.05, 0) is 55.3 Å². The Hall–Kier alpha value is -3.33. The van der Waals surface area contributed by atoms with Gasteiger partial charge in [0, 0.05) is 29.9 Å². The van der Waals surface area contributed by atoms with Crippen LogP contribution in [0.3, 0.4) is 0 Å². The third kappa shape index (κ3) is 5.36. The third-order valence-corrected chi connectivity index (χ3v) is 5.65. The van der Waals surface area contributed by atoms with Gasteiger partial charge in [0.1, 0.15) is 5.82 Å². The molecule has 0 bridgehead atoms. The second-order valence-corrected chi connectivity index (χ2v) is 8.21. The van der Waals surface area contributed by atoms with Gasteiger partial charge in [-0.1, -0.05) is 23.7 Å². The number of hydrogen-bond acceptors (Lipinski definition) is 4. The van der Waals surface area contributed by atoms with Crippen molar-refractivity contribution < 1.29 is 18.0 Å². The van der Waals surface area contributed by atoms with E-state index in [0.717, 1.165) is 12.1 Å². The summed E-state index contributed by atoms with van der Waals surface area (Å²) in [6.45, 7) is 0.958. The highest BCUT2D eigenvalue weighted by molar-refractivity contribution is 6.30. The Labute approximate surface area is 192 Å². The van der Waals surface area contributed by atoms with Gasteiger partial charge in [-0.25, -0.2) is 0 Å². The van der Waals surface area contributed by atoms with Gasteiger partial charge in [-0.15, -0.1) is 5.10 Å². The smallest absolute Gasteiger partial charge is 0.354 e. The highest BCUT2D eigenvalue weighted by Gasteiger charge is 2.31. The molecule has 10 heteroatoms. The first-order valence-electron chi connectivity index (χ1n) is 10.3. The lowest BCUT2D eigenvalue weighted by molar-refractivity contribution is -0.137. The lowest BCUT2D eigenvalue weighted by atomic mass is 9.97. The van der Waals surface area contributed by atoms with E-state index < -0.39 is 17.7 Å². The van der Waals surface area contributed by atoms with Crippen LogP contribution in [0.1, 0.15) is 18.4 Å². The highest BCUT2D eigenvalue weighted by Crippen LogP contribution is 2.31. The first kappa shape index (κ1) is 22.8. The molecule has 1 saturated heterocycles. The van der Waals surface area contributed by atoms with Crippen LogP contribution in [0.5, 0.6) is 0 Å². The molecule has 1 aromatic heterocycles. The number of anilines is 2. The molecule has 0 radical (unpaired) electrons. The van der Waals surface area contributed by atoms with E-state index in [1.54, 1.807) is 30.3 Å². The van der Waals surface area contributed by atoms with Crippen molar-refractivity contribution in [3.63, 3.8) is 0 Å². The number of rotatable bonds is 4. The molecule has 33 heavy (non-hydrogen) atoms. The second-order valence-electron chi connectivity index (χ2n) is 7.77. The molecule has 2 aromatic carbocycles. The SMILES string of the molecule is O=C(Nc1cccc(C(F)(F)F)c1)[C@H]1CCCN(c2ccc(=O)n(-c3cccc(Cl)c3)n2)C1. The number of nitrogens with one attached hydrogen (secondary N) is 1. The first-order valence-corrected chi connectivity index (χ1v) is 10.7. The Balaban J connectivity index is 1.50. The largest absolute Gasteiger partial charge is 0.416 e. The number of piperidine rings is 1. The number of carbonyl (C=O) groups is 1. The van der Waals surface area contributed by atoms with Gasteiger partial charge in [0.25, 0.3) is 5.56 Å². The molecule has 0 aliphatic carbocycles. The molecule has 1 fully saturated rings. The Morgan fingerprint density at radius 3 is 2.64 bits per heavy atom. The van der Waals surface area contributed by atoms with E-state index in [1.807, 2.05) is 4.90 Å². The molecule has 0 saturated carbocycles. The van der Waals surface area contributed by atoms with Crippen LogP contribution in [0, 0.1) is 5.92 Å². The normalized spacial score (nSPS) is 16.5. The van der Waals surface area contributed by atoms with Gasteiger partial charge in [0.15, 0.2) is 0 Å². The minimum absolute atomic E-state index is 0.0968. The highest BCUT2D eigenvalue weighted by atomic mass is 35.5. The van der Waals surface area contributed by atoms with Gasteiger partial charge in [0.05, 0.1) is 17.2 Å². The molecule has 1 aliphatic heterocycles. The van der Waals surface area contributed by atoms with Gasteiger partial charge in [0.2, 0.25) is 5.91 Å². The van der Waals surface area contributed by atoms with Crippen LogP contribution in [-0.2, 0) is 11.0 Å². The lowest BCUT2D eigenvalue weighted by Gasteiger charge is -2.33. The van der Waals surface area contributed by atoms with Crippen LogP contribution in [0.2, 0.25) is 5.02 Å². The van der Waals surface area contributed by atoms with Crippen molar-refractivity contribution in [2.75, 3.05) is 23.3 Å². The van der Waals surface area contributed by atoms with Crippen LogP contribution >= 0.6 is 11.6 Å². The van der Waals surface area contributed by atoms with Crippen molar-refractivity contribution in [2.45, 2.75) is 19.0 Å². The Bertz CT molecular complexity index is 1230. The standard InChI is InChI=1S/C23H20ClF3N4O2/c24-17-6-2-8-19(13-17)31-21(32)10-9-20(29-31)30-11-3-4-15(14-30)22(33)28-18-7-1-5-16(12-18)23(25,26)27/h1-2,5-10,12-13,15H,3-4,11,14H2,(H,28,33)/t15-/m0/s1. The zero-order chi connectivity index (χ0) is 23.6. The van der Waals surface area contributed by atoms with Crippen LogP contribution in [0.4, 0.5) is 24.7 Å². The fraction of sp³-hybridized carbons (Fsp3) is 0.261. The Morgan fingerprint density at radius 2 is 1.88 bits per heavy atom. The van der Waals surface area contributed by atoms with Gasteiger partial charge < -0.3 is 10.2 Å². The van der Waals surface area contributed by atoms with E-state index in [9.17, 15) is 22.8 Å². The topological polar surface area (TPSA) is 67.2 Å². The maximum absolute atomic E-state index is 12.9. The zero-order valence-corrected chi connectivity index (χ0v) is 18.1. The predicted octanol–water partition coefficient (Wildman–Crippen LogP) is 4.76. The summed E-state index contributed by atoms with van der Waals surface area (Å²) in [5.41, 5.74) is -0.528. The van der Waals surface area contributed by atoms with Crippen molar-refractivity contribution in [1.82, 2.24) is 9.78 Å². The summed E-state index contributed by atoms with van der Waals surface area (Å²) in [4.78, 5) is 27.0. The minimum atomic E-state index is -4.49. The lowest BCUT2D eigenvalue weighted by Crippen LogP contribution is -2.41. The molecule has 1 amide bonds. The molecule has 4 rings (SSSR count). The molecule has 1 aliphatic rings. The molecular formula is C23H20ClF3N4O2. The van der Waals surface area contributed by atoms with E-state index in [2.05, 4.69) is 10.4 Å². The number of halogens is 4. The number of alkyl halides is 3. The number of carbonyl (C=O) groups excluding carboxylic acids is 1. The average Bonchev–Trinajstić information content (AvgIpc) is 2.79. The summed E-state index contributed by atoms with van der Waals surface area (Å²) in [5.74, 6) is -0.282. The summed E-state index contributed by atoms with van der Waals surface area (Å²) in [6.07, 6.45) is -3.20. The van der Waals surface area contributed by atoms with Crippen molar-refractivity contribution >= 4 is 29.0 Å². The maximum atomic E-state index is 12.9. The van der Waals surface area contributed by atoms with Crippen molar-refractivity contribution in [1.29, 1.82) is 0 Å². The number of amides is 1. The summed E-state index contributed by atoms with van der Waals surface area (Å²) in [5, 5.41) is 7.50. The maximum Gasteiger partial charge on any atom is 0.416 e. The van der Waals surface area contributed by atoms with Crippen molar-refractivity contribution in [3.8, 4) is 5.69 Å². The molecule has 0 spiro atoms. The van der Waals surface area contributed by atoms with E-state index in [4.69, 9.17) is 11.6 Å². The molecule has 172 valence electrons. The minimum Gasteiger partial charge on any atom is -0.354 e.